The minimum absolute atomic E-state index is 0.364. The molecule has 0 spiro atoms. The molecule has 1 aliphatic rings. The van der Waals surface area contributed by atoms with Gasteiger partial charge in [-0.15, -0.1) is 0 Å². The maximum Gasteiger partial charge on any atom is 0.437 e. The molecule has 1 atom stereocenters. The fourth-order valence-corrected chi connectivity index (χ4v) is 2.72. The summed E-state index contributed by atoms with van der Waals surface area (Å²) in [5.41, 5.74) is 6.02. The number of urea groups is 1. The van der Waals surface area contributed by atoms with E-state index >= 15 is 0 Å². The number of para-hydroxylation sites is 1. The van der Waals surface area contributed by atoms with Crippen LogP contribution >= 0.6 is 12.0 Å². The Kier molecular flexibility index (Phi) is 5.26. The Morgan fingerprint density at radius 1 is 1.32 bits per heavy atom. The summed E-state index contributed by atoms with van der Waals surface area (Å²) in [6.45, 7) is 0.671. The molecule has 22 heavy (non-hydrogen) atoms. The zero-order valence-electron chi connectivity index (χ0n) is 12.1. The molecule has 0 aliphatic carbocycles. The highest BCUT2D eigenvalue weighted by atomic mass is 32.2. The van der Waals surface area contributed by atoms with Gasteiger partial charge in [0, 0.05) is 18.5 Å². The first kappa shape index (κ1) is 16.2. The number of imide groups is 3. The molecule has 118 valence electrons. The Balaban J connectivity index is 2.22. The number of rotatable bonds is 3. The SMILES string of the molecule is CSOC(=O)N(C(N)=O)C(=O)C1CCCN1c1ccccc1. The Hall–Kier alpha value is -2.22. The summed E-state index contributed by atoms with van der Waals surface area (Å²) in [4.78, 5) is 38.0. The van der Waals surface area contributed by atoms with E-state index in [-0.39, 0.29) is 0 Å². The van der Waals surface area contributed by atoms with Crippen LogP contribution in [0.3, 0.4) is 0 Å². The van der Waals surface area contributed by atoms with Gasteiger partial charge in [0.2, 0.25) is 0 Å². The Morgan fingerprint density at radius 2 is 2.00 bits per heavy atom. The van der Waals surface area contributed by atoms with Crippen molar-refractivity contribution >= 4 is 35.8 Å². The minimum atomic E-state index is -1.14. The second-order valence-corrected chi connectivity index (χ2v) is 5.21. The van der Waals surface area contributed by atoms with Gasteiger partial charge < -0.3 is 14.8 Å². The number of carbonyl (C=O) groups is 3. The average molecular weight is 323 g/mol. The van der Waals surface area contributed by atoms with Crippen LogP contribution in [-0.2, 0) is 8.98 Å². The van der Waals surface area contributed by atoms with Gasteiger partial charge in [0.1, 0.15) is 6.04 Å². The number of amides is 4. The van der Waals surface area contributed by atoms with Crippen molar-refractivity contribution in [2.24, 2.45) is 5.73 Å². The number of hydrogen-bond acceptors (Lipinski definition) is 6. The molecule has 1 aliphatic heterocycles. The Bertz CT molecular complexity index is 566. The van der Waals surface area contributed by atoms with Crippen LogP contribution in [0, 0.1) is 0 Å². The highest BCUT2D eigenvalue weighted by molar-refractivity contribution is 7.94. The number of anilines is 1. The van der Waals surface area contributed by atoms with Gasteiger partial charge in [-0.3, -0.25) is 4.79 Å². The number of benzene rings is 1. The van der Waals surface area contributed by atoms with Crippen LogP contribution < -0.4 is 10.6 Å². The third-order valence-electron chi connectivity index (χ3n) is 3.40. The lowest BCUT2D eigenvalue weighted by Gasteiger charge is -2.28. The van der Waals surface area contributed by atoms with Gasteiger partial charge in [0.15, 0.2) is 0 Å². The summed E-state index contributed by atoms with van der Waals surface area (Å²) >= 11 is 0.748. The molecule has 2 N–H and O–H groups in total. The summed E-state index contributed by atoms with van der Waals surface area (Å²) in [5, 5.41) is 0. The zero-order valence-corrected chi connectivity index (χ0v) is 12.9. The second-order valence-electron chi connectivity index (χ2n) is 4.71. The predicted molar refractivity (Wildman–Crippen MR) is 83.2 cm³/mol. The van der Waals surface area contributed by atoms with E-state index in [4.69, 9.17) is 5.73 Å². The van der Waals surface area contributed by atoms with Crippen molar-refractivity contribution in [3.05, 3.63) is 30.3 Å². The van der Waals surface area contributed by atoms with Crippen LogP contribution in [0.1, 0.15) is 12.8 Å². The molecule has 4 amide bonds. The molecule has 1 saturated heterocycles. The van der Waals surface area contributed by atoms with Crippen molar-refractivity contribution in [2.45, 2.75) is 18.9 Å². The first-order valence-corrected chi connectivity index (χ1v) is 7.91. The average Bonchev–Trinajstić information content (AvgIpc) is 2.97. The molecule has 0 radical (unpaired) electrons. The van der Waals surface area contributed by atoms with Crippen LogP contribution in [0.4, 0.5) is 15.3 Å². The van der Waals surface area contributed by atoms with E-state index < -0.39 is 24.1 Å². The minimum Gasteiger partial charge on any atom is -0.375 e. The van der Waals surface area contributed by atoms with Crippen molar-refractivity contribution in [3.63, 3.8) is 0 Å². The lowest BCUT2D eigenvalue weighted by atomic mass is 10.2. The van der Waals surface area contributed by atoms with E-state index in [2.05, 4.69) is 4.18 Å². The van der Waals surface area contributed by atoms with Crippen LogP contribution in [0.15, 0.2) is 30.3 Å². The van der Waals surface area contributed by atoms with E-state index in [1.54, 1.807) is 0 Å². The van der Waals surface area contributed by atoms with Gasteiger partial charge in [0.25, 0.3) is 5.91 Å². The summed E-state index contributed by atoms with van der Waals surface area (Å²) in [5.74, 6) is -0.659. The molecule has 0 saturated carbocycles. The highest BCUT2D eigenvalue weighted by Crippen LogP contribution is 2.26. The first-order chi connectivity index (χ1) is 10.6. The van der Waals surface area contributed by atoms with Crippen molar-refractivity contribution < 1.29 is 18.6 Å². The fourth-order valence-electron chi connectivity index (χ4n) is 2.50. The maximum absolute atomic E-state index is 12.6. The molecule has 0 bridgehead atoms. The smallest absolute Gasteiger partial charge is 0.375 e. The van der Waals surface area contributed by atoms with E-state index in [0.717, 1.165) is 24.2 Å². The Morgan fingerprint density at radius 3 is 2.59 bits per heavy atom. The van der Waals surface area contributed by atoms with Crippen molar-refractivity contribution in [1.29, 1.82) is 0 Å². The molecule has 1 fully saturated rings. The molecule has 2 rings (SSSR count). The number of carbonyl (C=O) groups excluding carboxylic acids is 3. The number of primary amides is 1. The van der Waals surface area contributed by atoms with Crippen molar-refractivity contribution in [3.8, 4) is 0 Å². The van der Waals surface area contributed by atoms with Gasteiger partial charge in [-0.25, -0.2) is 9.59 Å². The molecule has 1 unspecified atom stereocenters. The second kappa shape index (κ2) is 7.17. The molecule has 1 aromatic carbocycles. The lowest BCUT2D eigenvalue weighted by molar-refractivity contribution is -0.127. The molecule has 1 aromatic rings. The van der Waals surface area contributed by atoms with E-state index in [1.165, 1.54) is 6.26 Å². The van der Waals surface area contributed by atoms with Crippen LogP contribution in [0.2, 0.25) is 0 Å². The normalized spacial score (nSPS) is 17.1. The largest absolute Gasteiger partial charge is 0.437 e. The van der Waals surface area contributed by atoms with Gasteiger partial charge in [-0.1, -0.05) is 18.2 Å². The third kappa shape index (κ3) is 3.33. The third-order valence-corrected chi connectivity index (χ3v) is 3.71. The molecule has 1 heterocycles. The molecular formula is C14H17N3O4S. The highest BCUT2D eigenvalue weighted by Gasteiger charge is 2.39. The topological polar surface area (TPSA) is 92.9 Å². The summed E-state index contributed by atoms with van der Waals surface area (Å²) < 4.78 is 4.65. The van der Waals surface area contributed by atoms with Crippen molar-refractivity contribution in [2.75, 3.05) is 17.7 Å². The molecular weight excluding hydrogens is 306 g/mol. The molecule has 7 nitrogen and oxygen atoms in total. The van der Waals surface area contributed by atoms with Crippen LogP contribution in [0.5, 0.6) is 0 Å². The fraction of sp³-hybridized carbons (Fsp3) is 0.357. The van der Waals surface area contributed by atoms with Gasteiger partial charge in [-0.2, -0.15) is 4.90 Å². The van der Waals surface area contributed by atoms with Crippen molar-refractivity contribution in [1.82, 2.24) is 4.90 Å². The van der Waals surface area contributed by atoms with E-state index in [9.17, 15) is 14.4 Å². The zero-order chi connectivity index (χ0) is 16.1. The monoisotopic (exact) mass is 323 g/mol. The number of nitrogens with two attached hydrogens (primary N) is 1. The Labute approximate surface area is 132 Å². The predicted octanol–water partition coefficient (Wildman–Crippen LogP) is 1.98. The maximum atomic E-state index is 12.6. The molecule has 8 heteroatoms. The number of nitrogens with zero attached hydrogens (tertiary/aromatic N) is 2. The number of hydrogen-bond donors (Lipinski definition) is 1. The standard InChI is InChI=1S/C14H17N3O4S/c1-22-21-14(20)17(13(15)19)12(18)11-8-5-9-16(11)10-6-3-2-4-7-10/h2-4,6-7,11H,5,8-9H2,1H3,(H2,15,19). The van der Waals surface area contributed by atoms with Gasteiger partial charge >= 0.3 is 12.1 Å². The molecule has 0 aromatic heterocycles. The first-order valence-electron chi connectivity index (χ1n) is 6.76. The van der Waals surface area contributed by atoms with Crippen LogP contribution in [0.25, 0.3) is 0 Å². The summed E-state index contributed by atoms with van der Waals surface area (Å²) in [7, 11) is 0. The summed E-state index contributed by atoms with van der Waals surface area (Å²) in [6, 6.07) is 7.61. The quantitative estimate of drug-likeness (QED) is 0.855. The van der Waals surface area contributed by atoms with Gasteiger partial charge in [-0.05, 0) is 25.0 Å². The van der Waals surface area contributed by atoms with Crippen LogP contribution in [-0.4, -0.2) is 41.8 Å². The lowest BCUT2D eigenvalue weighted by Crippen LogP contribution is -2.52. The van der Waals surface area contributed by atoms with E-state index in [0.29, 0.717) is 17.9 Å². The van der Waals surface area contributed by atoms with E-state index in [1.807, 2.05) is 35.2 Å². The van der Waals surface area contributed by atoms with Gasteiger partial charge in [0.05, 0.1) is 12.0 Å². The summed E-state index contributed by atoms with van der Waals surface area (Å²) in [6.07, 6.45) is 1.78.